The lowest BCUT2D eigenvalue weighted by Gasteiger charge is -2.38. The molecule has 0 spiro atoms. The molecule has 2 N–H and O–H groups in total. The third-order valence-electron chi connectivity index (χ3n) is 4.12. The number of nitrogens with two attached hydrogens (primary N) is 1. The minimum atomic E-state index is -0.130. The van der Waals surface area contributed by atoms with Crippen LogP contribution in [0.2, 0.25) is 0 Å². The van der Waals surface area contributed by atoms with E-state index in [1.165, 1.54) is 18.4 Å². The van der Waals surface area contributed by atoms with E-state index < -0.39 is 0 Å². The highest BCUT2D eigenvalue weighted by Gasteiger charge is 2.32. The van der Waals surface area contributed by atoms with Gasteiger partial charge in [0.05, 0.1) is 0 Å². The Bertz CT molecular complexity index is 413. The summed E-state index contributed by atoms with van der Waals surface area (Å²) < 4.78 is 13.3. The normalized spacial score (nSPS) is 20.0. The zero-order valence-electron chi connectivity index (χ0n) is 11.4. The average Bonchev–Trinajstić information content (AvgIpc) is 2.88. The number of aryl methyl sites for hydroxylation is 1. The van der Waals surface area contributed by atoms with E-state index in [1.54, 1.807) is 6.07 Å². The largest absolute Gasteiger partial charge is 0.329 e. The number of benzene rings is 1. The Balaban J connectivity index is 2.15. The number of nitrogens with zero attached hydrogens (tertiary/aromatic N) is 1. The van der Waals surface area contributed by atoms with E-state index in [0.29, 0.717) is 12.1 Å². The molecular formula is C15H23FN2. The first-order chi connectivity index (χ1) is 8.55. The Morgan fingerprint density at radius 2 is 2.00 bits per heavy atom. The quantitative estimate of drug-likeness (QED) is 0.889. The molecule has 1 unspecified atom stereocenters. The molecule has 1 aromatic carbocycles. The van der Waals surface area contributed by atoms with Crippen LogP contribution in [0.4, 0.5) is 4.39 Å². The van der Waals surface area contributed by atoms with E-state index in [-0.39, 0.29) is 11.4 Å². The first-order valence-electron chi connectivity index (χ1n) is 6.75. The molecular weight excluding hydrogens is 227 g/mol. The second kappa shape index (κ2) is 5.37. The summed E-state index contributed by atoms with van der Waals surface area (Å²) in [6.07, 6.45) is 3.42. The van der Waals surface area contributed by atoms with Gasteiger partial charge in [-0.25, -0.2) is 4.39 Å². The van der Waals surface area contributed by atoms with Gasteiger partial charge in [-0.15, -0.1) is 0 Å². The third kappa shape index (κ3) is 2.73. The van der Waals surface area contributed by atoms with E-state index in [4.69, 9.17) is 5.73 Å². The third-order valence-corrected chi connectivity index (χ3v) is 4.12. The van der Waals surface area contributed by atoms with Gasteiger partial charge in [-0.2, -0.15) is 0 Å². The van der Waals surface area contributed by atoms with Gasteiger partial charge in [0.1, 0.15) is 5.82 Å². The summed E-state index contributed by atoms with van der Waals surface area (Å²) >= 11 is 0. The minimum absolute atomic E-state index is 0.000763. The average molecular weight is 250 g/mol. The minimum Gasteiger partial charge on any atom is -0.329 e. The molecule has 1 fully saturated rings. The molecule has 3 heteroatoms. The lowest BCUT2D eigenvalue weighted by molar-refractivity contribution is 0.143. The van der Waals surface area contributed by atoms with Crippen LogP contribution in [-0.4, -0.2) is 30.1 Å². The van der Waals surface area contributed by atoms with Crippen LogP contribution in [-0.2, 0) is 6.42 Å². The second-order valence-corrected chi connectivity index (χ2v) is 5.66. The molecule has 2 rings (SSSR count). The van der Waals surface area contributed by atoms with Crippen LogP contribution in [0.15, 0.2) is 18.2 Å². The Kier molecular flexibility index (Phi) is 4.03. The lowest BCUT2D eigenvalue weighted by Crippen LogP contribution is -2.51. The Hall–Kier alpha value is -0.930. The Morgan fingerprint density at radius 3 is 2.56 bits per heavy atom. The standard InChI is InChI=1S/C15H23FN2/c1-12-9-13(5-6-14(12)16)10-15(2,11-17)18-7-3-4-8-18/h5-6,9H,3-4,7-8,10-11,17H2,1-2H3. The van der Waals surface area contributed by atoms with Gasteiger partial charge in [-0.05, 0) is 63.4 Å². The molecule has 0 aliphatic carbocycles. The molecule has 1 atom stereocenters. The molecule has 1 saturated heterocycles. The van der Waals surface area contributed by atoms with Crippen molar-refractivity contribution in [2.24, 2.45) is 5.73 Å². The summed E-state index contributed by atoms with van der Waals surface area (Å²) in [7, 11) is 0. The molecule has 1 heterocycles. The Morgan fingerprint density at radius 1 is 1.33 bits per heavy atom. The van der Waals surface area contributed by atoms with Gasteiger partial charge in [0, 0.05) is 12.1 Å². The molecule has 18 heavy (non-hydrogen) atoms. The van der Waals surface area contributed by atoms with Gasteiger partial charge in [0.15, 0.2) is 0 Å². The number of rotatable bonds is 4. The van der Waals surface area contributed by atoms with Crippen LogP contribution in [0.5, 0.6) is 0 Å². The zero-order valence-corrected chi connectivity index (χ0v) is 11.4. The first-order valence-corrected chi connectivity index (χ1v) is 6.75. The second-order valence-electron chi connectivity index (χ2n) is 5.66. The molecule has 0 bridgehead atoms. The van der Waals surface area contributed by atoms with E-state index in [1.807, 2.05) is 19.1 Å². The van der Waals surface area contributed by atoms with Crippen LogP contribution in [0.1, 0.15) is 30.9 Å². The molecule has 2 nitrogen and oxygen atoms in total. The van der Waals surface area contributed by atoms with Crippen molar-refractivity contribution in [2.75, 3.05) is 19.6 Å². The monoisotopic (exact) mass is 250 g/mol. The van der Waals surface area contributed by atoms with Crippen LogP contribution >= 0.6 is 0 Å². The number of halogens is 1. The molecule has 1 aliphatic rings. The van der Waals surface area contributed by atoms with E-state index in [9.17, 15) is 4.39 Å². The summed E-state index contributed by atoms with van der Waals surface area (Å²) in [5.74, 6) is -0.130. The molecule has 0 saturated carbocycles. The summed E-state index contributed by atoms with van der Waals surface area (Å²) in [5, 5.41) is 0. The van der Waals surface area contributed by atoms with Crippen molar-refractivity contribution >= 4 is 0 Å². The summed E-state index contributed by atoms with van der Waals surface area (Å²) in [6, 6.07) is 5.39. The Labute approximate surface area is 109 Å². The maximum Gasteiger partial charge on any atom is 0.126 e. The van der Waals surface area contributed by atoms with Crippen LogP contribution in [0.25, 0.3) is 0 Å². The maximum absolute atomic E-state index is 13.3. The van der Waals surface area contributed by atoms with Crippen molar-refractivity contribution in [2.45, 2.75) is 38.6 Å². The highest BCUT2D eigenvalue weighted by molar-refractivity contribution is 5.25. The SMILES string of the molecule is Cc1cc(CC(C)(CN)N2CCCC2)ccc1F. The number of hydrogen-bond donors (Lipinski definition) is 1. The molecule has 1 aromatic rings. The van der Waals surface area contributed by atoms with Crippen LogP contribution in [0.3, 0.4) is 0 Å². The molecule has 0 amide bonds. The zero-order chi connectivity index (χ0) is 13.2. The van der Waals surface area contributed by atoms with Crippen LogP contribution in [0, 0.1) is 12.7 Å². The van der Waals surface area contributed by atoms with E-state index >= 15 is 0 Å². The molecule has 0 radical (unpaired) electrons. The topological polar surface area (TPSA) is 29.3 Å². The summed E-state index contributed by atoms with van der Waals surface area (Å²) in [5.41, 5.74) is 7.88. The van der Waals surface area contributed by atoms with Gasteiger partial charge in [-0.1, -0.05) is 12.1 Å². The first kappa shape index (κ1) is 13.5. The van der Waals surface area contributed by atoms with Gasteiger partial charge in [-0.3, -0.25) is 4.90 Å². The highest BCUT2D eigenvalue weighted by atomic mass is 19.1. The van der Waals surface area contributed by atoms with Crippen molar-refractivity contribution in [3.63, 3.8) is 0 Å². The fourth-order valence-corrected chi connectivity index (χ4v) is 2.83. The smallest absolute Gasteiger partial charge is 0.126 e. The molecule has 100 valence electrons. The van der Waals surface area contributed by atoms with Crippen molar-refractivity contribution in [3.8, 4) is 0 Å². The van der Waals surface area contributed by atoms with Crippen molar-refractivity contribution in [1.82, 2.24) is 4.90 Å². The molecule has 0 aromatic heterocycles. The van der Waals surface area contributed by atoms with Crippen molar-refractivity contribution in [3.05, 3.63) is 35.1 Å². The van der Waals surface area contributed by atoms with Gasteiger partial charge < -0.3 is 5.73 Å². The van der Waals surface area contributed by atoms with Crippen molar-refractivity contribution < 1.29 is 4.39 Å². The van der Waals surface area contributed by atoms with Gasteiger partial charge >= 0.3 is 0 Å². The fourth-order valence-electron chi connectivity index (χ4n) is 2.83. The maximum atomic E-state index is 13.3. The van der Waals surface area contributed by atoms with Crippen molar-refractivity contribution in [1.29, 1.82) is 0 Å². The number of likely N-dealkylation sites (tertiary alicyclic amines) is 1. The number of hydrogen-bond acceptors (Lipinski definition) is 2. The van der Waals surface area contributed by atoms with E-state index in [0.717, 1.165) is 19.5 Å². The van der Waals surface area contributed by atoms with E-state index in [2.05, 4.69) is 11.8 Å². The van der Waals surface area contributed by atoms with Crippen LogP contribution < -0.4 is 5.73 Å². The summed E-state index contributed by atoms with van der Waals surface area (Å²) in [6.45, 7) is 6.94. The predicted molar refractivity (Wildman–Crippen MR) is 73.1 cm³/mol. The lowest BCUT2D eigenvalue weighted by atomic mass is 9.90. The highest BCUT2D eigenvalue weighted by Crippen LogP contribution is 2.25. The molecule has 1 aliphatic heterocycles. The summed E-state index contributed by atoms with van der Waals surface area (Å²) in [4.78, 5) is 2.48. The van der Waals surface area contributed by atoms with Gasteiger partial charge in [0.2, 0.25) is 0 Å². The predicted octanol–water partition coefficient (Wildman–Crippen LogP) is 2.49. The fraction of sp³-hybridized carbons (Fsp3) is 0.600. The van der Waals surface area contributed by atoms with Gasteiger partial charge in [0.25, 0.3) is 0 Å².